The number of hydrogen-bond acceptors (Lipinski definition) is 0. The van der Waals surface area contributed by atoms with Gasteiger partial charge in [0.2, 0.25) is 0 Å². The third-order valence-corrected chi connectivity index (χ3v) is 1.55. The molecule has 0 radical (unpaired) electrons. The highest BCUT2D eigenvalue weighted by Crippen LogP contribution is 1.88. The number of hydrogen-bond donors (Lipinski definition) is 0. The summed E-state index contributed by atoms with van der Waals surface area (Å²) in [5, 5.41) is 0. The van der Waals surface area contributed by atoms with Crippen molar-refractivity contribution in [3.8, 4) is 12.3 Å². The van der Waals surface area contributed by atoms with Crippen LogP contribution in [0.1, 0.15) is 19.0 Å². The predicted molar refractivity (Wildman–Crippen MR) is 44.9 cm³/mol. The molecule has 0 saturated heterocycles. The Morgan fingerprint density at radius 3 is 3.00 bits per heavy atom. The molecule has 0 bridgehead atoms. The van der Waals surface area contributed by atoms with E-state index in [0.29, 0.717) is 0 Å². The zero-order valence-electron chi connectivity index (χ0n) is 6.75. The number of pyridine rings is 1. The van der Waals surface area contributed by atoms with E-state index in [-0.39, 0.29) is 0 Å². The van der Waals surface area contributed by atoms with Crippen LogP contribution in [0.4, 0.5) is 0 Å². The Labute approximate surface area is 67.7 Å². The van der Waals surface area contributed by atoms with Crippen molar-refractivity contribution < 1.29 is 4.57 Å². The van der Waals surface area contributed by atoms with Crippen LogP contribution in [0.2, 0.25) is 0 Å². The van der Waals surface area contributed by atoms with Gasteiger partial charge in [-0.1, -0.05) is 6.92 Å². The van der Waals surface area contributed by atoms with Crippen LogP contribution in [0.25, 0.3) is 0 Å². The second kappa shape index (κ2) is 3.78. The maximum absolute atomic E-state index is 5.31. The molecule has 11 heavy (non-hydrogen) atoms. The summed E-state index contributed by atoms with van der Waals surface area (Å²) in [4.78, 5) is 0. The average molecular weight is 146 g/mol. The van der Waals surface area contributed by atoms with E-state index in [2.05, 4.69) is 17.4 Å². The smallest absolute Gasteiger partial charge is 0.192 e. The summed E-state index contributed by atoms with van der Waals surface area (Å²) in [7, 11) is 0. The van der Waals surface area contributed by atoms with Gasteiger partial charge in [0.1, 0.15) is 6.54 Å². The standard InChI is InChI=1S/C10H12N/c1-3-8-11-9-6-5-7-10(11)4-2/h2,5-7,9H,3,8H2,1H3/q+1. The first-order valence-corrected chi connectivity index (χ1v) is 3.83. The molecule has 0 atom stereocenters. The Morgan fingerprint density at radius 2 is 2.36 bits per heavy atom. The van der Waals surface area contributed by atoms with E-state index in [1.54, 1.807) is 0 Å². The molecular formula is C10H12N+. The van der Waals surface area contributed by atoms with Gasteiger partial charge in [-0.05, 0) is 12.0 Å². The molecule has 0 saturated carbocycles. The van der Waals surface area contributed by atoms with Gasteiger partial charge >= 0.3 is 0 Å². The van der Waals surface area contributed by atoms with Crippen LogP contribution in [-0.4, -0.2) is 0 Å². The fourth-order valence-electron chi connectivity index (χ4n) is 1.04. The van der Waals surface area contributed by atoms with Crippen LogP contribution < -0.4 is 4.57 Å². The van der Waals surface area contributed by atoms with Crippen LogP contribution in [0, 0.1) is 12.3 Å². The summed E-state index contributed by atoms with van der Waals surface area (Å²) in [6.07, 6.45) is 8.44. The molecule has 1 aromatic rings. The fraction of sp³-hybridized carbons (Fsp3) is 0.300. The molecule has 0 amide bonds. The molecule has 1 nitrogen and oxygen atoms in total. The lowest BCUT2D eigenvalue weighted by Gasteiger charge is -1.94. The van der Waals surface area contributed by atoms with Crippen molar-refractivity contribution in [2.45, 2.75) is 19.9 Å². The molecule has 0 fully saturated rings. The van der Waals surface area contributed by atoms with Gasteiger partial charge in [0.25, 0.3) is 5.69 Å². The molecule has 0 aromatic carbocycles. The monoisotopic (exact) mass is 146 g/mol. The molecule has 0 N–H and O–H groups in total. The van der Waals surface area contributed by atoms with Crippen molar-refractivity contribution in [1.29, 1.82) is 0 Å². The van der Waals surface area contributed by atoms with Gasteiger partial charge in [-0.15, -0.1) is 6.42 Å². The predicted octanol–water partition coefficient (Wildman–Crippen LogP) is 1.37. The zero-order valence-corrected chi connectivity index (χ0v) is 6.75. The van der Waals surface area contributed by atoms with Gasteiger partial charge < -0.3 is 0 Å². The Morgan fingerprint density at radius 1 is 1.55 bits per heavy atom. The summed E-state index contributed by atoms with van der Waals surface area (Å²) >= 11 is 0. The van der Waals surface area contributed by atoms with Gasteiger partial charge in [0, 0.05) is 18.6 Å². The summed E-state index contributed by atoms with van der Waals surface area (Å²) in [5.41, 5.74) is 0.953. The SMILES string of the molecule is C#Cc1cccc[n+]1CCC. The molecular weight excluding hydrogens is 134 g/mol. The Bertz CT molecular complexity index is 270. The van der Waals surface area contributed by atoms with Crippen LogP contribution in [0.3, 0.4) is 0 Å². The van der Waals surface area contributed by atoms with E-state index in [0.717, 1.165) is 18.7 Å². The Kier molecular flexibility index (Phi) is 2.68. The largest absolute Gasteiger partial charge is 0.256 e. The lowest BCUT2D eigenvalue weighted by atomic mass is 10.3. The second-order valence-corrected chi connectivity index (χ2v) is 2.42. The molecule has 0 spiro atoms. The van der Waals surface area contributed by atoms with E-state index in [1.807, 2.05) is 24.4 Å². The summed E-state index contributed by atoms with van der Waals surface area (Å²) < 4.78 is 2.08. The maximum Gasteiger partial charge on any atom is 0.256 e. The maximum atomic E-state index is 5.31. The highest BCUT2D eigenvalue weighted by molar-refractivity contribution is 5.18. The summed E-state index contributed by atoms with van der Waals surface area (Å²) in [5.74, 6) is 2.64. The van der Waals surface area contributed by atoms with Gasteiger partial charge in [-0.2, -0.15) is 4.57 Å². The quantitative estimate of drug-likeness (QED) is 0.438. The number of rotatable bonds is 2. The molecule has 1 heteroatoms. The van der Waals surface area contributed by atoms with Crippen molar-refractivity contribution in [2.75, 3.05) is 0 Å². The van der Waals surface area contributed by atoms with E-state index in [9.17, 15) is 0 Å². The van der Waals surface area contributed by atoms with Crippen molar-refractivity contribution >= 4 is 0 Å². The molecule has 0 aliphatic heterocycles. The second-order valence-electron chi connectivity index (χ2n) is 2.42. The Balaban J connectivity index is 2.95. The molecule has 0 unspecified atom stereocenters. The third kappa shape index (κ3) is 1.81. The van der Waals surface area contributed by atoms with Crippen molar-refractivity contribution in [3.63, 3.8) is 0 Å². The molecule has 56 valence electrons. The topological polar surface area (TPSA) is 3.88 Å². The minimum Gasteiger partial charge on any atom is -0.192 e. The van der Waals surface area contributed by atoms with E-state index >= 15 is 0 Å². The first kappa shape index (κ1) is 7.81. The highest BCUT2D eigenvalue weighted by Gasteiger charge is 2.02. The van der Waals surface area contributed by atoms with E-state index in [4.69, 9.17) is 6.42 Å². The molecule has 1 rings (SSSR count). The van der Waals surface area contributed by atoms with E-state index in [1.165, 1.54) is 0 Å². The van der Waals surface area contributed by atoms with Crippen molar-refractivity contribution in [3.05, 3.63) is 30.1 Å². The highest BCUT2D eigenvalue weighted by atomic mass is 14.9. The van der Waals surface area contributed by atoms with Crippen LogP contribution >= 0.6 is 0 Å². The van der Waals surface area contributed by atoms with Crippen LogP contribution in [0.5, 0.6) is 0 Å². The molecule has 0 aliphatic rings. The zero-order chi connectivity index (χ0) is 8.10. The minimum absolute atomic E-state index is 0.953. The van der Waals surface area contributed by atoms with Crippen LogP contribution in [0.15, 0.2) is 24.4 Å². The first-order valence-electron chi connectivity index (χ1n) is 3.83. The van der Waals surface area contributed by atoms with Crippen molar-refractivity contribution in [2.24, 2.45) is 0 Å². The number of aromatic nitrogens is 1. The normalized spacial score (nSPS) is 9.09. The minimum atomic E-state index is 0.953. The van der Waals surface area contributed by atoms with Crippen LogP contribution in [-0.2, 0) is 6.54 Å². The van der Waals surface area contributed by atoms with Gasteiger partial charge in [0.15, 0.2) is 6.20 Å². The summed E-state index contributed by atoms with van der Waals surface area (Å²) in [6.45, 7) is 3.14. The first-order chi connectivity index (χ1) is 5.38. The van der Waals surface area contributed by atoms with E-state index < -0.39 is 0 Å². The number of nitrogens with zero attached hydrogens (tertiary/aromatic N) is 1. The molecule has 1 aromatic heterocycles. The Hall–Kier alpha value is -1.29. The lowest BCUT2D eigenvalue weighted by Crippen LogP contribution is -2.36. The third-order valence-electron chi connectivity index (χ3n) is 1.55. The fourth-order valence-corrected chi connectivity index (χ4v) is 1.04. The van der Waals surface area contributed by atoms with Gasteiger partial charge in [0.05, 0.1) is 0 Å². The van der Waals surface area contributed by atoms with Crippen molar-refractivity contribution in [1.82, 2.24) is 0 Å². The molecule has 0 aliphatic carbocycles. The van der Waals surface area contributed by atoms with Gasteiger partial charge in [-0.25, -0.2) is 0 Å². The number of terminal acetylenes is 1. The molecule has 1 heterocycles. The van der Waals surface area contributed by atoms with Gasteiger partial charge in [-0.3, -0.25) is 0 Å². The number of aryl methyl sites for hydroxylation is 1. The summed E-state index contributed by atoms with van der Waals surface area (Å²) in [6, 6.07) is 5.91. The average Bonchev–Trinajstić information content (AvgIpc) is 2.06. The lowest BCUT2D eigenvalue weighted by molar-refractivity contribution is -0.699.